The smallest absolute Gasteiger partial charge is 0.0503 e. The zero-order valence-electron chi connectivity index (χ0n) is 8.04. The molecule has 14 heavy (non-hydrogen) atoms. The van der Waals surface area contributed by atoms with Gasteiger partial charge in [-0.25, -0.2) is 0 Å². The molecule has 0 spiro atoms. The minimum absolute atomic E-state index is 0.00972. The Labute approximate surface area is 82.8 Å². The van der Waals surface area contributed by atoms with Crippen molar-refractivity contribution >= 4 is 0 Å². The van der Waals surface area contributed by atoms with Crippen LogP contribution in [0.25, 0.3) is 10.4 Å². The van der Waals surface area contributed by atoms with Gasteiger partial charge >= 0.3 is 0 Å². The van der Waals surface area contributed by atoms with Gasteiger partial charge in [-0.05, 0) is 11.1 Å². The van der Waals surface area contributed by atoms with Crippen molar-refractivity contribution in [2.75, 3.05) is 6.61 Å². The molecule has 0 aromatic heterocycles. The van der Waals surface area contributed by atoms with Crippen LogP contribution in [-0.2, 0) is 0 Å². The number of aliphatic hydroxyl groups excluding tert-OH is 1. The van der Waals surface area contributed by atoms with E-state index in [1.54, 1.807) is 6.92 Å². The lowest BCUT2D eigenvalue weighted by Crippen LogP contribution is -2.16. The minimum atomic E-state index is -0.229. The van der Waals surface area contributed by atoms with E-state index >= 15 is 0 Å². The van der Waals surface area contributed by atoms with Crippen molar-refractivity contribution in [1.29, 1.82) is 0 Å². The monoisotopic (exact) mass is 191 g/mol. The van der Waals surface area contributed by atoms with Crippen LogP contribution in [0.2, 0.25) is 0 Å². The summed E-state index contributed by atoms with van der Waals surface area (Å²) in [5.41, 5.74) is 9.30. The summed E-state index contributed by atoms with van der Waals surface area (Å²) in [6.45, 7) is 1.79. The van der Waals surface area contributed by atoms with E-state index in [4.69, 9.17) is 5.53 Å². The molecule has 0 radical (unpaired) electrons. The van der Waals surface area contributed by atoms with Crippen molar-refractivity contribution in [3.05, 3.63) is 46.3 Å². The molecule has 1 aromatic rings. The van der Waals surface area contributed by atoms with Crippen molar-refractivity contribution in [2.45, 2.75) is 18.9 Å². The van der Waals surface area contributed by atoms with Crippen LogP contribution in [0.15, 0.2) is 35.4 Å². The molecule has 1 N–H and O–H groups in total. The van der Waals surface area contributed by atoms with E-state index in [2.05, 4.69) is 10.0 Å². The van der Waals surface area contributed by atoms with Crippen molar-refractivity contribution in [1.82, 2.24) is 0 Å². The summed E-state index contributed by atoms with van der Waals surface area (Å²) >= 11 is 0. The summed E-state index contributed by atoms with van der Waals surface area (Å²) in [5.74, 6) is -0.118. The molecule has 1 rings (SSSR count). The van der Waals surface area contributed by atoms with E-state index in [9.17, 15) is 5.11 Å². The van der Waals surface area contributed by atoms with Gasteiger partial charge in [0.05, 0.1) is 6.61 Å². The molecular formula is C10H13N3O. The first-order valence-electron chi connectivity index (χ1n) is 4.49. The van der Waals surface area contributed by atoms with Crippen LogP contribution in [0.3, 0.4) is 0 Å². The molecule has 0 saturated carbocycles. The van der Waals surface area contributed by atoms with Gasteiger partial charge in [-0.2, -0.15) is 0 Å². The Morgan fingerprint density at radius 2 is 2.07 bits per heavy atom. The molecule has 0 heterocycles. The van der Waals surface area contributed by atoms with Crippen LogP contribution >= 0.6 is 0 Å². The maximum Gasteiger partial charge on any atom is 0.0503 e. The van der Waals surface area contributed by atoms with E-state index in [1.807, 2.05) is 30.3 Å². The Hall–Kier alpha value is -1.51. The lowest BCUT2D eigenvalue weighted by Gasteiger charge is -2.17. The van der Waals surface area contributed by atoms with Crippen LogP contribution in [-0.4, -0.2) is 17.8 Å². The van der Waals surface area contributed by atoms with Gasteiger partial charge in [-0.1, -0.05) is 42.4 Å². The summed E-state index contributed by atoms with van der Waals surface area (Å²) in [7, 11) is 0. The van der Waals surface area contributed by atoms with E-state index in [-0.39, 0.29) is 18.6 Å². The van der Waals surface area contributed by atoms with Gasteiger partial charge in [-0.3, -0.25) is 0 Å². The molecule has 0 aliphatic carbocycles. The molecule has 0 saturated heterocycles. The molecule has 74 valence electrons. The van der Waals surface area contributed by atoms with Gasteiger partial charge < -0.3 is 5.11 Å². The predicted octanol–water partition coefficient (Wildman–Crippen LogP) is 2.46. The number of hydrogen-bond acceptors (Lipinski definition) is 2. The minimum Gasteiger partial charge on any atom is -0.396 e. The van der Waals surface area contributed by atoms with Gasteiger partial charge in [0.1, 0.15) is 0 Å². The summed E-state index contributed by atoms with van der Waals surface area (Å²) in [4.78, 5) is 2.74. The summed E-state index contributed by atoms with van der Waals surface area (Å²) in [5, 5.41) is 12.8. The first kappa shape index (κ1) is 10.6. The number of nitrogens with zero attached hydrogens (tertiary/aromatic N) is 3. The fraction of sp³-hybridized carbons (Fsp3) is 0.400. The second-order valence-corrected chi connectivity index (χ2v) is 3.15. The van der Waals surface area contributed by atoms with E-state index in [0.29, 0.717) is 0 Å². The van der Waals surface area contributed by atoms with Crippen LogP contribution in [0.1, 0.15) is 18.4 Å². The van der Waals surface area contributed by atoms with Crippen LogP contribution < -0.4 is 0 Å². The Morgan fingerprint density at radius 1 is 1.43 bits per heavy atom. The second kappa shape index (κ2) is 5.27. The standard InChI is InChI=1S/C10H13N3O/c1-8(12-13-11)10(7-14)9-5-3-2-4-6-9/h2-6,8,10,14H,7H2,1H3/t8?,10-/m1/s1. The molecule has 1 aromatic carbocycles. The number of hydrogen-bond donors (Lipinski definition) is 1. The number of benzene rings is 1. The molecule has 0 amide bonds. The maximum atomic E-state index is 9.19. The zero-order valence-corrected chi connectivity index (χ0v) is 8.04. The molecule has 0 fully saturated rings. The van der Waals surface area contributed by atoms with Gasteiger partial charge in [0.2, 0.25) is 0 Å². The van der Waals surface area contributed by atoms with Gasteiger partial charge in [0.25, 0.3) is 0 Å². The molecule has 0 aliphatic rings. The van der Waals surface area contributed by atoms with Crippen LogP contribution in [0, 0.1) is 0 Å². The van der Waals surface area contributed by atoms with E-state index < -0.39 is 0 Å². The maximum absolute atomic E-state index is 9.19. The van der Waals surface area contributed by atoms with Gasteiger partial charge in [0.15, 0.2) is 0 Å². The molecule has 2 atom stereocenters. The summed E-state index contributed by atoms with van der Waals surface area (Å²) in [6, 6.07) is 9.33. The quantitative estimate of drug-likeness (QED) is 0.443. The average molecular weight is 191 g/mol. The molecule has 1 unspecified atom stereocenters. The highest BCUT2D eigenvalue weighted by molar-refractivity contribution is 5.21. The molecule has 4 nitrogen and oxygen atoms in total. The Bertz CT molecular complexity index is 319. The van der Waals surface area contributed by atoms with Crippen molar-refractivity contribution in [3.8, 4) is 0 Å². The first-order chi connectivity index (χ1) is 6.79. The summed E-state index contributed by atoms with van der Waals surface area (Å²) in [6.07, 6.45) is 0. The average Bonchev–Trinajstić information content (AvgIpc) is 2.21. The first-order valence-corrected chi connectivity index (χ1v) is 4.49. The highest BCUT2D eigenvalue weighted by Gasteiger charge is 2.16. The lowest BCUT2D eigenvalue weighted by atomic mass is 9.94. The van der Waals surface area contributed by atoms with E-state index in [1.165, 1.54) is 0 Å². The highest BCUT2D eigenvalue weighted by Crippen LogP contribution is 2.21. The van der Waals surface area contributed by atoms with E-state index in [0.717, 1.165) is 5.56 Å². The third-order valence-corrected chi connectivity index (χ3v) is 2.24. The molecular weight excluding hydrogens is 178 g/mol. The Balaban J connectivity index is 2.87. The second-order valence-electron chi connectivity index (χ2n) is 3.15. The molecule has 0 aliphatic heterocycles. The fourth-order valence-electron chi connectivity index (χ4n) is 1.40. The third-order valence-electron chi connectivity index (χ3n) is 2.24. The number of aliphatic hydroxyl groups is 1. The fourth-order valence-corrected chi connectivity index (χ4v) is 1.40. The number of rotatable bonds is 4. The zero-order chi connectivity index (χ0) is 10.4. The number of azide groups is 1. The van der Waals surface area contributed by atoms with Crippen molar-refractivity contribution in [2.24, 2.45) is 5.11 Å². The normalized spacial score (nSPS) is 14.1. The summed E-state index contributed by atoms with van der Waals surface area (Å²) < 4.78 is 0. The largest absolute Gasteiger partial charge is 0.396 e. The molecule has 0 bridgehead atoms. The topological polar surface area (TPSA) is 69.0 Å². The molecule has 4 heteroatoms. The van der Waals surface area contributed by atoms with Crippen molar-refractivity contribution < 1.29 is 5.11 Å². The Kier molecular flexibility index (Phi) is 3.98. The van der Waals surface area contributed by atoms with Gasteiger partial charge in [0, 0.05) is 16.9 Å². The SMILES string of the molecule is CC(N=[N+]=[N-])[C@@H](CO)c1ccccc1. The predicted molar refractivity (Wildman–Crippen MR) is 54.9 cm³/mol. The lowest BCUT2D eigenvalue weighted by molar-refractivity contribution is 0.252. The third kappa shape index (κ3) is 2.49. The highest BCUT2D eigenvalue weighted by atomic mass is 16.3. The van der Waals surface area contributed by atoms with Gasteiger partial charge in [-0.15, -0.1) is 0 Å². The van der Waals surface area contributed by atoms with Crippen molar-refractivity contribution in [3.63, 3.8) is 0 Å². The Morgan fingerprint density at radius 3 is 2.57 bits per heavy atom. The van der Waals surface area contributed by atoms with Crippen LogP contribution in [0.4, 0.5) is 0 Å². The van der Waals surface area contributed by atoms with Crippen LogP contribution in [0.5, 0.6) is 0 Å².